The van der Waals surface area contributed by atoms with Crippen molar-refractivity contribution < 1.29 is 23.8 Å². The van der Waals surface area contributed by atoms with Crippen molar-refractivity contribution in [2.24, 2.45) is 11.8 Å². The minimum absolute atomic E-state index is 0.0947. The van der Waals surface area contributed by atoms with Gasteiger partial charge in [-0.2, -0.15) is 0 Å². The molecule has 1 aromatic carbocycles. The molecule has 6 nitrogen and oxygen atoms in total. The monoisotopic (exact) mass is 343 g/mol. The Kier molecular flexibility index (Phi) is 3.61. The maximum atomic E-state index is 13.1. The number of anilines is 1. The first-order valence-electron chi connectivity index (χ1n) is 8.48. The average molecular weight is 343 g/mol. The minimum Gasteiger partial charge on any atom is -0.497 e. The molecule has 3 aliphatic heterocycles. The molecule has 2 fully saturated rings. The maximum absolute atomic E-state index is 13.1. The van der Waals surface area contributed by atoms with E-state index in [4.69, 9.17) is 14.2 Å². The molecule has 3 heterocycles. The molecule has 4 atom stereocenters. The number of carbonyl (C=O) groups excluding carboxylic acids is 2. The van der Waals surface area contributed by atoms with E-state index in [2.05, 4.69) is 0 Å². The number of esters is 1. The summed E-state index contributed by atoms with van der Waals surface area (Å²) in [4.78, 5) is 27.3. The number of benzene rings is 1. The number of hydrogen-bond donors (Lipinski definition) is 0. The highest BCUT2D eigenvalue weighted by molar-refractivity contribution is 6.02. The van der Waals surface area contributed by atoms with Crippen molar-refractivity contribution in [2.75, 3.05) is 18.6 Å². The van der Waals surface area contributed by atoms with Crippen molar-refractivity contribution in [3.8, 4) is 5.75 Å². The van der Waals surface area contributed by atoms with Crippen molar-refractivity contribution >= 4 is 17.6 Å². The summed E-state index contributed by atoms with van der Waals surface area (Å²) in [6.07, 6.45) is 3.22. The second-order valence-electron chi connectivity index (χ2n) is 7.01. The lowest BCUT2D eigenvalue weighted by Crippen LogP contribution is -2.40. The molecule has 1 spiro atoms. The van der Waals surface area contributed by atoms with Crippen LogP contribution in [0.15, 0.2) is 36.4 Å². The molecule has 0 radical (unpaired) electrons. The van der Waals surface area contributed by atoms with Gasteiger partial charge in [0.2, 0.25) is 5.91 Å². The predicted molar refractivity (Wildman–Crippen MR) is 90.3 cm³/mol. The fourth-order valence-electron chi connectivity index (χ4n) is 4.06. The van der Waals surface area contributed by atoms with Gasteiger partial charge in [-0.1, -0.05) is 12.2 Å². The summed E-state index contributed by atoms with van der Waals surface area (Å²) < 4.78 is 16.6. The topological polar surface area (TPSA) is 65.1 Å². The maximum Gasteiger partial charge on any atom is 0.313 e. The van der Waals surface area contributed by atoms with Crippen LogP contribution in [0.4, 0.5) is 5.69 Å². The van der Waals surface area contributed by atoms with Gasteiger partial charge in [-0.15, -0.1) is 0 Å². The van der Waals surface area contributed by atoms with Gasteiger partial charge in [-0.3, -0.25) is 9.59 Å². The van der Waals surface area contributed by atoms with E-state index < -0.39 is 17.4 Å². The van der Waals surface area contributed by atoms with E-state index in [-0.39, 0.29) is 24.1 Å². The van der Waals surface area contributed by atoms with E-state index in [1.54, 1.807) is 25.9 Å². The molecule has 0 aliphatic carbocycles. The zero-order valence-electron chi connectivity index (χ0n) is 14.5. The number of ether oxygens (including phenoxy) is 3. The third-order valence-electron chi connectivity index (χ3n) is 5.11. The highest BCUT2D eigenvalue weighted by Gasteiger charge is 2.67. The van der Waals surface area contributed by atoms with Gasteiger partial charge in [-0.25, -0.2) is 0 Å². The zero-order valence-corrected chi connectivity index (χ0v) is 14.5. The summed E-state index contributed by atoms with van der Waals surface area (Å²) in [5, 5.41) is 0. The number of fused-ring (bicyclic) bond motifs is 1. The van der Waals surface area contributed by atoms with Crippen LogP contribution >= 0.6 is 0 Å². The first-order valence-corrected chi connectivity index (χ1v) is 8.48. The van der Waals surface area contributed by atoms with Crippen molar-refractivity contribution in [3.63, 3.8) is 0 Å². The van der Waals surface area contributed by atoms with Gasteiger partial charge in [0.25, 0.3) is 0 Å². The van der Waals surface area contributed by atoms with E-state index in [1.165, 1.54) is 0 Å². The Bertz CT molecular complexity index is 741. The van der Waals surface area contributed by atoms with Gasteiger partial charge in [0.1, 0.15) is 17.3 Å². The van der Waals surface area contributed by atoms with Crippen molar-refractivity contribution in [2.45, 2.75) is 31.7 Å². The van der Waals surface area contributed by atoms with Crippen molar-refractivity contribution in [1.29, 1.82) is 0 Å². The molecule has 0 N–H and O–H groups in total. The smallest absolute Gasteiger partial charge is 0.313 e. The molecule has 0 saturated carbocycles. The Labute approximate surface area is 146 Å². The molecule has 1 amide bonds. The lowest BCUT2D eigenvalue weighted by molar-refractivity contribution is -0.156. The molecule has 2 bridgehead atoms. The summed E-state index contributed by atoms with van der Waals surface area (Å²) in [5.74, 6) is -0.841. The van der Waals surface area contributed by atoms with Gasteiger partial charge >= 0.3 is 5.97 Å². The molecular weight excluding hydrogens is 322 g/mol. The zero-order chi connectivity index (χ0) is 17.8. The number of nitrogens with zero attached hydrogens (tertiary/aromatic N) is 1. The average Bonchev–Trinajstić information content (AvgIpc) is 3.22. The second-order valence-corrected chi connectivity index (χ2v) is 7.01. The van der Waals surface area contributed by atoms with Crippen LogP contribution in [0.2, 0.25) is 0 Å². The third kappa shape index (κ3) is 2.35. The van der Waals surface area contributed by atoms with Crippen LogP contribution in [0.1, 0.15) is 13.8 Å². The minimum atomic E-state index is -0.734. The number of methoxy groups -OCH3 is 1. The summed E-state index contributed by atoms with van der Waals surface area (Å²) in [5.41, 5.74) is 0.0357. The van der Waals surface area contributed by atoms with E-state index in [0.717, 1.165) is 11.4 Å². The lowest BCUT2D eigenvalue weighted by atomic mass is 9.77. The highest BCUT2D eigenvalue weighted by atomic mass is 16.6. The van der Waals surface area contributed by atoms with Crippen LogP contribution in [0, 0.1) is 11.8 Å². The van der Waals surface area contributed by atoms with Crippen molar-refractivity contribution in [3.05, 3.63) is 36.4 Å². The third-order valence-corrected chi connectivity index (χ3v) is 5.11. The molecule has 0 unspecified atom stereocenters. The molecule has 2 saturated heterocycles. The van der Waals surface area contributed by atoms with E-state index in [0.29, 0.717) is 6.54 Å². The molecule has 4 rings (SSSR count). The summed E-state index contributed by atoms with van der Waals surface area (Å²) in [6.45, 7) is 4.01. The lowest BCUT2D eigenvalue weighted by Gasteiger charge is -2.23. The molecular formula is C19H21NO5. The molecule has 3 aliphatic rings. The Morgan fingerprint density at radius 3 is 2.68 bits per heavy atom. The highest BCUT2D eigenvalue weighted by Crippen LogP contribution is 2.53. The molecule has 1 aromatic rings. The molecule has 6 heteroatoms. The summed E-state index contributed by atoms with van der Waals surface area (Å²) >= 11 is 0. The van der Waals surface area contributed by atoms with Crippen LogP contribution < -0.4 is 9.64 Å². The van der Waals surface area contributed by atoms with Gasteiger partial charge in [0, 0.05) is 5.69 Å². The molecule has 0 aromatic heterocycles. The van der Waals surface area contributed by atoms with Gasteiger partial charge in [0.15, 0.2) is 0 Å². The summed E-state index contributed by atoms with van der Waals surface area (Å²) in [6, 6.07) is 7.30. The number of hydrogen-bond acceptors (Lipinski definition) is 5. The SMILES string of the molecule is COc1ccc(N2C[C@@]34C=C[C@@H](O3)[C@@H](C(=O)OC(C)C)[C@H]4C2=O)cc1. The first-order chi connectivity index (χ1) is 11.9. The van der Waals surface area contributed by atoms with Crippen LogP contribution in [0.3, 0.4) is 0 Å². The summed E-state index contributed by atoms with van der Waals surface area (Å²) in [7, 11) is 1.60. The standard InChI is InChI=1S/C19H21NO5/c1-11(2)24-18(22)15-14-8-9-19(25-14)10-20(17(21)16(15)19)12-4-6-13(23-3)7-5-12/h4-9,11,14-16H,10H2,1-3H3/t14-,15-,16+,19-/m1/s1. The van der Waals surface area contributed by atoms with Gasteiger partial charge < -0.3 is 19.1 Å². The fraction of sp³-hybridized carbons (Fsp3) is 0.474. The van der Waals surface area contributed by atoms with Gasteiger partial charge in [-0.05, 0) is 38.1 Å². The van der Waals surface area contributed by atoms with Crippen LogP contribution in [0.25, 0.3) is 0 Å². The number of carbonyl (C=O) groups is 2. The normalized spacial score (nSPS) is 32.4. The van der Waals surface area contributed by atoms with Crippen LogP contribution in [-0.2, 0) is 19.1 Å². The Morgan fingerprint density at radius 1 is 1.32 bits per heavy atom. The molecule has 132 valence electrons. The Balaban J connectivity index is 1.64. The largest absolute Gasteiger partial charge is 0.497 e. The van der Waals surface area contributed by atoms with Crippen molar-refractivity contribution in [1.82, 2.24) is 0 Å². The van der Waals surface area contributed by atoms with E-state index in [9.17, 15) is 9.59 Å². The first kappa shape index (κ1) is 16.1. The van der Waals surface area contributed by atoms with Crippen LogP contribution in [-0.4, -0.2) is 43.3 Å². The Hall–Kier alpha value is -2.34. The predicted octanol–water partition coefficient (Wildman–Crippen LogP) is 1.93. The quantitative estimate of drug-likeness (QED) is 0.617. The van der Waals surface area contributed by atoms with E-state index >= 15 is 0 Å². The van der Waals surface area contributed by atoms with Crippen LogP contribution in [0.5, 0.6) is 5.75 Å². The number of amides is 1. The van der Waals surface area contributed by atoms with Gasteiger partial charge in [0.05, 0.1) is 31.8 Å². The fourth-order valence-corrected chi connectivity index (χ4v) is 4.06. The van der Waals surface area contributed by atoms with E-state index in [1.807, 2.05) is 36.4 Å². The second kappa shape index (κ2) is 5.59. The molecule has 25 heavy (non-hydrogen) atoms. The Morgan fingerprint density at radius 2 is 2.04 bits per heavy atom. The number of rotatable bonds is 4.